The molecule has 4 aliphatic rings. The van der Waals surface area contributed by atoms with Gasteiger partial charge in [0.15, 0.2) is 17.1 Å². The number of oxazole rings is 1. The molecule has 5 unspecified atom stereocenters. The Kier molecular flexibility index (Phi) is 6.22. The van der Waals surface area contributed by atoms with Crippen molar-refractivity contribution in [3.63, 3.8) is 0 Å². The Balaban J connectivity index is 0.000000806. The highest BCUT2D eigenvalue weighted by molar-refractivity contribution is 5.82. The summed E-state index contributed by atoms with van der Waals surface area (Å²) in [6.45, 7) is 4.06. The Morgan fingerprint density at radius 1 is 1.14 bits per heavy atom. The molecule has 0 saturated heterocycles. The van der Waals surface area contributed by atoms with Gasteiger partial charge < -0.3 is 19.9 Å². The van der Waals surface area contributed by atoms with Gasteiger partial charge in [-0.25, -0.2) is 9.37 Å². The molecule has 190 valence electrons. The molecule has 2 fully saturated rings. The van der Waals surface area contributed by atoms with Gasteiger partial charge in [0.25, 0.3) is 0 Å². The number of hydrogen-bond acceptors (Lipinski definition) is 5. The van der Waals surface area contributed by atoms with E-state index in [2.05, 4.69) is 35.4 Å². The molecule has 1 heterocycles. The van der Waals surface area contributed by atoms with Crippen LogP contribution in [0.4, 0.5) is 4.39 Å². The fourth-order valence-corrected chi connectivity index (χ4v) is 7.45. The minimum absolute atomic E-state index is 0.166. The molecule has 0 amide bonds. The number of aliphatic hydroxyl groups excluding tert-OH is 1. The molecule has 3 N–H and O–H groups in total. The van der Waals surface area contributed by atoms with Gasteiger partial charge >= 0.3 is 0 Å². The molecule has 35 heavy (non-hydrogen) atoms. The van der Waals surface area contributed by atoms with Gasteiger partial charge in [-0.2, -0.15) is 0 Å². The minimum Gasteiger partial charge on any atom is -0.441 e. The van der Waals surface area contributed by atoms with Crippen molar-refractivity contribution in [2.75, 3.05) is 14.1 Å². The molecular formula is C29H39FN2O3. The Hall–Kier alpha value is -2.02. The standard InChI is InChI=1S/C27H32FNO3.C2H7N/c1-16-29-22-14-18(4-7-23(22)32-16)21-6-8-24-25(21,2)11-12-26(28)15-19-13-20(30)5-3-17(19)9-10-27(24,26)31;1-3-2/h4,6-7,14-15,17,20,24,30-31H,3,5,8-13H2,1-2H3;3H,1-2H3/t17?,20?,24?,25?,26?,27-;/m0./s1. The lowest BCUT2D eigenvalue weighted by atomic mass is 9.53. The number of fused-ring (bicyclic) bond motifs is 5. The first-order valence-corrected chi connectivity index (χ1v) is 13.1. The molecule has 6 rings (SSSR count). The van der Waals surface area contributed by atoms with E-state index >= 15 is 4.39 Å². The van der Waals surface area contributed by atoms with Gasteiger partial charge in [0.1, 0.15) is 11.1 Å². The van der Waals surface area contributed by atoms with Gasteiger partial charge in [0, 0.05) is 12.8 Å². The molecule has 1 aromatic carbocycles. The molecule has 2 aromatic rings. The number of rotatable bonds is 1. The maximum atomic E-state index is 16.7. The molecule has 1 aromatic heterocycles. The summed E-state index contributed by atoms with van der Waals surface area (Å²) in [6.07, 6.45) is 8.76. The molecule has 0 radical (unpaired) electrons. The van der Waals surface area contributed by atoms with E-state index in [-0.39, 0.29) is 17.4 Å². The van der Waals surface area contributed by atoms with Crippen LogP contribution in [0.15, 0.2) is 40.3 Å². The van der Waals surface area contributed by atoms with Crippen LogP contribution in [0.2, 0.25) is 0 Å². The van der Waals surface area contributed by atoms with Crippen molar-refractivity contribution in [3.8, 4) is 0 Å². The lowest BCUT2D eigenvalue weighted by Crippen LogP contribution is -2.61. The van der Waals surface area contributed by atoms with Crippen LogP contribution in [0.5, 0.6) is 0 Å². The monoisotopic (exact) mass is 482 g/mol. The topological polar surface area (TPSA) is 78.5 Å². The predicted octanol–water partition coefficient (Wildman–Crippen LogP) is 5.50. The predicted molar refractivity (Wildman–Crippen MR) is 137 cm³/mol. The van der Waals surface area contributed by atoms with E-state index in [0.717, 1.165) is 41.5 Å². The number of aryl methyl sites for hydroxylation is 1. The Labute approximate surface area is 207 Å². The molecule has 4 aliphatic carbocycles. The van der Waals surface area contributed by atoms with E-state index in [1.165, 1.54) is 5.57 Å². The summed E-state index contributed by atoms with van der Waals surface area (Å²) < 4.78 is 22.3. The SMILES string of the molecule is CNC.Cc1nc2cc(C3=CCC4C3(C)CCC3(F)C=C5CC(O)CCC5CC[C@]43O)ccc2o1. The largest absolute Gasteiger partial charge is 0.441 e. The molecule has 6 heteroatoms. The second kappa shape index (κ2) is 8.82. The van der Waals surface area contributed by atoms with Crippen molar-refractivity contribution in [1.29, 1.82) is 0 Å². The fraction of sp³-hybridized carbons (Fsp3) is 0.621. The second-order valence-corrected chi connectivity index (χ2v) is 11.4. The van der Waals surface area contributed by atoms with Crippen LogP contribution in [0, 0.1) is 24.2 Å². The summed E-state index contributed by atoms with van der Waals surface area (Å²) in [7, 11) is 3.75. The molecule has 5 nitrogen and oxygen atoms in total. The second-order valence-electron chi connectivity index (χ2n) is 11.4. The highest BCUT2D eigenvalue weighted by Crippen LogP contribution is 2.65. The Morgan fingerprint density at radius 2 is 1.91 bits per heavy atom. The van der Waals surface area contributed by atoms with Crippen LogP contribution >= 0.6 is 0 Å². The summed E-state index contributed by atoms with van der Waals surface area (Å²) in [5.41, 5.74) is 1.53. The van der Waals surface area contributed by atoms with Gasteiger partial charge in [-0.15, -0.1) is 0 Å². The number of hydrogen-bond donors (Lipinski definition) is 3. The van der Waals surface area contributed by atoms with Crippen molar-refractivity contribution in [2.45, 2.75) is 82.6 Å². The number of alkyl halides is 1. The number of aliphatic hydroxyl groups is 2. The van der Waals surface area contributed by atoms with E-state index in [4.69, 9.17) is 4.42 Å². The third-order valence-electron chi connectivity index (χ3n) is 9.18. The van der Waals surface area contributed by atoms with E-state index in [1.807, 2.05) is 27.1 Å². The van der Waals surface area contributed by atoms with Crippen LogP contribution < -0.4 is 5.32 Å². The molecule has 0 bridgehead atoms. The number of halogens is 1. The van der Waals surface area contributed by atoms with Crippen LogP contribution in [0.1, 0.15) is 69.7 Å². The third kappa shape index (κ3) is 3.89. The number of benzene rings is 1. The number of allylic oxidation sites excluding steroid dienone is 2. The molecule has 6 atom stereocenters. The average molecular weight is 483 g/mol. The van der Waals surface area contributed by atoms with Gasteiger partial charge in [-0.1, -0.05) is 24.6 Å². The normalized spacial score (nSPS) is 38.3. The molecule has 0 spiro atoms. The zero-order chi connectivity index (χ0) is 25.0. The summed E-state index contributed by atoms with van der Waals surface area (Å²) in [6, 6.07) is 6.10. The minimum atomic E-state index is -1.73. The fourth-order valence-electron chi connectivity index (χ4n) is 7.45. The summed E-state index contributed by atoms with van der Waals surface area (Å²) in [5, 5.41) is 25.0. The zero-order valence-electron chi connectivity index (χ0n) is 21.4. The molecule has 2 saturated carbocycles. The van der Waals surface area contributed by atoms with E-state index in [9.17, 15) is 10.2 Å². The van der Waals surface area contributed by atoms with Crippen LogP contribution in [0.3, 0.4) is 0 Å². The maximum Gasteiger partial charge on any atom is 0.192 e. The van der Waals surface area contributed by atoms with Crippen molar-refractivity contribution in [3.05, 3.63) is 47.4 Å². The van der Waals surface area contributed by atoms with Crippen molar-refractivity contribution < 1.29 is 19.0 Å². The Bertz CT molecular complexity index is 1170. The van der Waals surface area contributed by atoms with E-state index in [1.54, 1.807) is 6.08 Å². The van der Waals surface area contributed by atoms with Crippen LogP contribution in [0.25, 0.3) is 16.7 Å². The summed E-state index contributed by atoms with van der Waals surface area (Å²) in [5.74, 6) is 0.771. The first-order chi connectivity index (χ1) is 16.6. The smallest absolute Gasteiger partial charge is 0.192 e. The van der Waals surface area contributed by atoms with Crippen molar-refractivity contribution >= 4 is 16.7 Å². The first-order valence-electron chi connectivity index (χ1n) is 13.1. The third-order valence-corrected chi connectivity index (χ3v) is 9.18. The number of aromatic nitrogens is 1. The number of nitrogens with zero attached hydrogens (tertiary/aromatic N) is 1. The van der Waals surface area contributed by atoms with Crippen molar-refractivity contribution in [1.82, 2.24) is 10.3 Å². The highest BCUT2D eigenvalue weighted by Gasteiger charge is 2.65. The molecular weight excluding hydrogens is 443 g/mol. The van der Waals surface area contributed by atoms with Gasteiger partial charge in [-0.3, -0.25) is 0 Å². The van der Waals surface area contributed by atoms with E-state index in [0.29, 0.717) is 43.9 Å². The Morgan fingerprint density at radius 3 is 2.69 bits per heavy atom. The van der Waals surface area contributed by atoms with Crippen molar-refractivity contribution in [2.24, 2.45) is 17.3 Å². The highest BCUT2D eigenvalue weighted by atomic mass is 19.1. The van der Waals surface area contributed by atoms with Gasteiger partial charge in [0.2, 0.25) is 0 Å². The van der Waals surface area contributed by atoms with E-state index < -0.39 is 11.3 Å². The molecule has 0 aliphatic heterocycles. The van der Waals surface area contributed by atoms with Crippen LogP contribution in [-0.2, 0) is 0 Å². The lowest BCUT2D eigenvalue weighted by Gasteiger charge is -2.55. The summed E-state index contributed by atoms with van der Waals surface area (Å²) >= 11 is 0. The average Bonchev–Trinajstić information content (AvgIpc) is 3.32. The lowest BCUT2D eigenvalue weighted by molar-refractivity contribution is -0.172. The quantitative estimate of drug-likeness (QED) is 0.468. The van der Waals surface area contributed by atoms with Gasteiger partial charge in [-0.05, 0) is 106 Å². The van der Waals surface area contributed by atoms with Crippen LogP contribution in [-0.4, -0.2) is 46.7 Å². The zero-order valence-corrected chi connectivity index (χ0v) is 21.4. The number of nitrogens with one attached hydrogen (secondary N) is 1. The first kappa shape index (κ1) is 24.7. The maximum absolute atomic E-state index is 16.7. The summed E-state index contributed by atoms with van der Waals surface area (Å²) in [4.78, 5) is 4.49. The van der Waals surface area contributed by atoms with Gasteiger partial charge in [0.05, 0.1) is 6.10 Å².